The number of hydrogen-bond donors (Lipinski definition) is 0. The maximum Gasteiger partial charge on any atom is 0.102 e. The van der Waals surface area contributed by atoms with Crippen molar-refractivity contribution in [3.8, 4) is 0 Å². The van der Waals surface area contributed by atoms with Crippen molar-refractivity contribution >= 4 is 5.84 Å². The predicted octanol–water partition coefficient (Wildman–Crippen LogP) is 2.38. The molecule has 0 saturated carbocycles. The Hall–Kier alpha value is -1.05. The van der Waals surface area contributed by atoms with Crippen LogP contribution in [0.1, 0.15) is 27.7 Å². The zero-order chi connectivity index (χ0) is 10.5. The minimum atomic E-state index is -0.0393. The molecule has 2 nitrogen and oxygen atoms in total. The van der Waals surface area contributed by atoms with Gasteiger partial charge >= 0.3 is 0 Å². The van der Waals surface area contributed by atoms with Crippen molar-refractivity contribution in [3.05, 3.63) is 23.3 Å². The van der Waals surface area contributed by atoms with Crippen molar-refractivity contribution in [2.75, 3.05) is 7.05 Å². The first-order chi connectivity index (χ1) is 6.44. The van der Waals surface area contributed by atoms with Crippen molar-refractivity contribution in [2.24, 2.45) is 4.99 Å². The predicted molar refractivity (Wildman–Crippen MR) is 60.6 cm³/mol. The zero-order valence-corrected chi connectivity index (χ0v) is 9.63. The van der Waals surface area contributed by atoms with Crippen molar-refractivity contribution < 1.29 is 0 Å². The van der Waals surface area contributed by atoms with Crippen LogP contribution in [0.4, 0.5) is 0 Å². The van der Waals surface area contributed by atoms with Gasteiger partial charge in [0, 0.05) is 7.05 Å². The molecule has 0 radical (unpaired) electrons. The fraction of sp³-hybridized carbons (Fsp3) is 0.583. The highest BCUT2D eigenvalue weighted by Crippen LogP contribution is 2.36. The summed E-state index contributed by atoms with van der Waals surface area (Å²) < 4.78 is 0. The van der Waals surface area contributed by atoms with E-state index in [1.54, 1.807) is 0 Å². The second-order valence-corrected chi connectivity index (χ2v) is 4.62. The normalized spacial score (nSPS) is 36.2. The van der Waals surface area contributed by atoms with E-state index >= 15 is 0 Å². The molecule has 0 fully saturated rings. The van der Waals surface area contributed by atoms with Gasteiger partial charge in [0.2, 0.25) is 0 Å². The molecule has 0 spiro atoms. The second-order valence-electron chi connectivity index (χ2n) is 4.62. The molecule has 14 heavy (non-hydrogen) atoms. The summed E-state index contributed by atoms with van der Waals surface area (Å²) in [6, 6.07) is 0.409. The monoisotopic (exact) mass is 190 g/mol. The Morgan fingerprint density at radius 2 is 1.93 bits per heavy atom. The number of likely N-dealkylation sites (N-methyl/N-ethyl adjacent to an activating group) is 1. The molecule has 0 amide bonds. The van der Waals surface area contributed by atoms with Crippen molar-refractivity contribution in [3.63, 3.8) is 0 Å². The van der Waals surface area contributed by atoms with E-state index in [0.29, 0.717) is 6.04 Å². The molecule has 2 atom stereocenters. The van der Waals surface area contributed by atoms with Crippen LogP contribution in [0, 0.1) is 0 Å². The molecule has 0 bridgehead atoms. The molecule has 2 unspecified atom stereocenters. The van der Waals surface area contributed by atoms with Crippen LogP contribution in [0.25, 0.3) is 0 Å². The Kier molecular flexibility index (Phi) is 1.85. The average Bonchev–Trinajstić information content (AvgIpc) is 2.28. The maximum absolute atomic E-state index is 4.73. The van der Waals surface area contributed by atoms with E-state index in [9.17, 15) is 0 Å². The van der Waals surface area contributed by atoms with Crippen molar-refractivity contribution in [2.45, 2.75) is 39.3 Å². The third-order valence-electron chi connectivity index (χ3n) is 3.47. The lowest BCUT2D eigenvalue weighted by Gasteiger charge is -2.33. The number of amidine groups is 1. The quantitative estimate of drug-likeness (QED) is 0.572. The molecule has 2 heteroatoms. The Bertz CT molecular complexity index is 363. The third kappa shape index (κ3) is 1.13. The number of nitrogens with zero attached hydrogens (tertiary/aromatic N) is 2. The standard InChI is InChI=1S/C12H18N2/c1-8-6-11-12(4,7-9(8)2)13-10(3)14(11)5/h6-7,11H,1-5H3. The number of fused-ring (bicyclic) bond motifs is 1. The SMILES string of the molecule is CC1=CC2N(C)C(C)=NC2(C)C=C1C. The van der Waals surface area contributed by atoms with Gasteiger partial charge in [0.1, 0.15) is 5.54 Å². The van der Waals surface area contributed by atoms with Gasteiger partial charge in [-0.3, -0.25) is 4.99 Å². The lowest BCUT2D eigenvalue weighted by molar-refractivity contribution is 0.364. The van der Waals surface area contributed by atoms with Gasteiger partial charge in [-0.15, -0.1) is 0 Å². The first kappa shape index (κ1) is 9.50. The van der Waals surface area contributed by atoms with Crippen LogP contribution in [0.3, 0.4) is 0 Å². The first-order valence-corrected chi connectivity index (χ1v) is 5.11. The van der Waals surface area contributed by atoms with Gasteiger partial charge in [-0.05, 0) is 33.3 Å². The maximum atomic E-state index is 4.73. The van der Waals surface area contributed by atoms with Crippen LogP contribution in [0.15, 0.2) is 28.3 Å². The molecular weight excluding hydrogens is 172 g/mol. The van der Waals surface area contributed by atoms with E-state index in [4.69, 9.17) is 4.99 Å². The molecule has 2 aliphatic rings. The summed E-state index contributed by atoms with van der Waals surface area (Å²) in [5.41, 5.74) is 2.70. The van der Waals surface area contributed by atoms with Gasteiger partial charge in [0.15, 0.2) is 0 Å². The van der Waals surface area contributed by atoms with Gasteiger partial charge in [-0.2, -0.15) is 0 Å². The fourth-order valence-corrected chi connectivity index (χ4v) is 2.41. The lowest BCUT2D eigenvalue weighted by Crippen LogP contribution is -2.42. The van der Waals surface area contributed by atoms with E-state index in [0.717, 1.165) is 5.84 Å². The molecule has 2 rings (SSSR count). The number of rotatable bonds is 0. The van der Waals surface area contributed by atoms with Gasteiger partial charge in [-0.25, -0.2) is 0 Å². The highest BCUT2D eigenvalue weighted by atomic mass is 15.3. The topological polar surface area (TPSA) is 15.6 Å². The van der Waals surface area contributed by atoms with Crippen LogP contribution >= 0.6 is 0 Å². The van der Waals surface area contributed by atoms with E-state index < -0.39 is 0 Å². The third-order valence-corrected chi connectivity index (χ3v) is 3.47. The average molecular weight is 190 g/mol. The lowest BCUT2D eigenvalue weighted by atomic mass is 9.83. The summed E-state index contributed by atoms with van der Waals surface area (Å²) in [7, 11) is 2.12. The zero-order valence-electron chi connectivity index (χ0n) is 9.63. The molecule has 0 saturated heterocycles. The first-order valence-electron chi connectivity index (χ1n) is 5.11. The Labute approximate surface area is 86.0 Å². The largest absolute Gasteiger partial charge is 0.354 e. The molecular formula is C12H18N2. The molecule has 1 aliphatic heterocycles. The molecule has 0 aromatic rings. The summed E-state index contributed by atoms with van der Waals surface area (Å²) in [5.74, 6) is 1.13. The minimum absolute atomic E-state index is 0.0393. The van der Waals surface area contributed by atoms with E-state index in [2.05, 4.69) is 51.8 Å². The molecule has 1 aliphatic carbocycles. The summed E-state index contributed by atoms with van der Waals surface area (Å²) in [6.07, 6.45) is 4.62. The molecule has 0 N–H and O–H groups in total. The van der Waals surface area contributed by atoms with Gasteiger partial charge in [0.25, 0.3) is 0 Å². The van der Waals surface area contributed by atoms with Crippen LogP contribution in [-0.2, 0) is 0 Å². The smallest absolute Gasteiger partial charge is 0.102 e. The number of aliphatic imine (C=N–C) groups is 1. The Morgan fingerprint density at radius 3 is 2.57 bits per heavy atom. The Balaban J connectivity index is 2.48. The van der Waals surface area contributed by atoms with Crippen molar-refractivity contribution in [1.29, 1.82) is 0 Å². The van der Waals surface area contributed by atoms with Gasteiger partial charge < -0.3 is 4.90 Å². The van der Waals surface area contributed by atoms with Gasteiger partial charge in [-0.1, -0.05) is 17.7 Å². The molecule has 0 aromatic heterocycles. The second kappa shape index (κ2) is 2.72. The number of hydrogen-bond acceptors (Lipinski definition) is 2. The fourth-order valence-electron chi connectivity index (χ4n) is 2.41. The minimum Gasteiger partial charge on any atom is -0.354 e. The summed E-state index contributed by atoms with van der Waals surface area (Å²) in [5, 5.41) is 0. The Morgan fingerprint density at radius 1 is 1.29 bits per heavy atom. The van der Waals surface area contributed by atoms with Crippen molar-refractivity contribution in [1.82, 2.24) is 4.90 Å². The van der Waals surface area contributed by atoms with E-state index in [1.165, 1.54) is 11.1 Å². The van der Waals surface area contributed by atoms with Gasteiger partial charge in [0.05, 0.1) is 11.9 Å². The van der Waals surface area contributed by atoms with Crippen LogP contribution in [-0.4, -0.2) is 29.4 Å². The van der Waals surface area contributed by atoms with E-state index in [-0.39, 0.29) is 5.54 Å². The van der Waals surface area contributed by atoms with E-state index in [1.807, 2.05) is 0 Å². The van der Waals surface area contributed by atoms with Crippen LogP contribution in [0.2, 0.25) is 0 Å². The highest BCUT2D eigenvalue weighted by molar-refractivity contribution is 5.83. The summed E-state index contributed by atoms with van der Waals surface area (Å²) >= 11 is 0. The molecule has 76 valence electrons. The highest BCUT2D eigenvalue weighted by Gasteiger charge is 2.41. The summed E-state index contributed by atoms with van der Waals surface area (Å²) in [4.78, 5) is 6.99. The van der Waals surface area contributed by atoms with Crippen LogP contribution < -0.4 is 0 Å². The summed E-state index contributed by atoms with van der Waals surface area (Å²) in [6.45, 7) is 8.62. The van der Waals surface area contributed by atoms with Crippen LogP contribution in [0.5, 0.6) is 0 Å². The molecule has 1 heterocycles. The number of allylic oxidation sites excluding steroid dienone is 2. The molecule has 0 aromatic carbocycles.